The molecule has 0 aliphatic rings. The van der Waals surface area contributed by atoms with Crippen LogP contribution >= 0.6 is 7.37 Å². The summed E-state index contributed by atoms with van der Waals surface area (Å²) in [5, 5.41) is 11.0. The maximum Gasteiger partial charge on any atom is 0.248 e. The van der Waals surface area contributed by atoms with Gasteiger partial charge in [0.25, 0.3) is 0 Å². The molecule has 0 heterocycles. The molecule has 1 N–H and O–H groups in total. The molecule has 0 bridgehead atoms. The van der Waals surface area contributed by atoms with E-state index in [1.54, 1.807) is 13.8 Å². The van der Waals surface area contributed by atoms with Gasteiger partial charge in [0, 0.05) is 19.2 Å². The van der Waals surface area contributed by atoms with E-state index in [1.807, 2.05) is 0 Å². The lowest BCUT2D eigenvalue weighted by molar-refractivity contribution is 0.303. The molecule has 5 heteroatoms. The van der Waals surface area contributed by atoms with E-state index in [2.05, 4.69) is 5.16 Å². The Morgan fingerprint density at radius 3 is 2.27 bits per heavy atom. The fraction of sp³-hybridized carbons (Fsp3) is 0.833. The van der Waals surface area contributed by atoms with Gasteiger partial charge in [0.15, 0.2) is 0 Å². The van der Waals surface area contributed by atoms with E-state index in [9.17, 15) is 4.57 Å². The Balaban J connectivity index is 4.20. The number of hydrogen-bond acceptors (Lipinski definition) is 4. The topological polar surface area (TPSA) is 58.9 Å². The van der Waals surface area contributed by atoms with Crippen LogP contribution in [-0.2, 0) is 9.09 Å². The van der Waals surface area contributed by atoms with Crippen molar-refractivity contribution in [2.75, 3.05) is 12.3 Å². The van der Waals surface area contributed by atoms with Crippen molar-refractivity contribution in [3.05, 3.63) is 0 Å². The molecule has 0 aromatic rings. The van der Waals surface area contributed by atoms with Gasteiger partial charge in [-0.05, 0) is 0 Å². The molecule has 0 rings (SSSR count). The van der Waals surface area contributed by atoms with Gasteiger partial charge in [-0.25, -0.2) is 0 Å². The second-order valence-corrected chi connectivity index (χ2v) is 5.23. The fourth-order valence-corrected chi connectivity index (χ4v) is 1.84. The van der Waals surface area contributed by atoms with E-state index >= 15 is 0 Å². The minimum absolute atomic E-state index is 0.0667. The molecular formula is C6H14NO3P. The third kappa shape index (κ3) is 3.42. The molecule has 0 unspecified atom stereocenters. The Kier molecular flexibility index (Phi) is 4.19. The highest BCUT2D eigenvalue weighted by atomic mass is 31.2. The second kappa shape index (κ2) is 4.39. The van der Waals surface area contributed by atoms with E-state index in [-0.39, 0.29) is 5.90 Å². The number of rotatable bonds is 3. The quantitative estimate of drug-likeness (QED) is 0.237. The summed E-state index contributed by atoms with van der Waals surface area (Å²) in [5.74, 6) is 0.0667. The van der Waals surface area contributed by atoms with Crippen LogP contribution in [0.1, 0.15) is 20.8 Å². The molecule has 0 aromatic heterocycles. The largest absolute Gasteiger partial charge is 0.426 e. The average Bonchev–Trinajstić information content (AvgIpc) is 2.04. The normalized spacial score (nSPS) is 13.2. The van der Waals surface area contributed by atoms with Gasteiger partial charge in [0.05, 0.1) is 0 Å². The maximum atomic E-state index is 11.5. The lowest BCUT2D eigenvalue weighted by Gasteiger charge is -2.14. The lowest BCUT2D eigenvalue weighted by Crippen LogP contribution is -2.01. The third-order valence-corrected chi connectivity index (χ3v) is 3.93. The number of nitrogens with zero attached hydrogens (tertiary/aromatic N) is 1. The second-order valence-electron chi connectivity index (χ2n) is 2.16. The van der Waals surface area contributed by atoms with Gasteiger partial charge >= 0.3 is 0 Å². The lowest BCUT2D eigenvalue weighted by atomic mass is 10.8. The van der Waals surface area contributed by atoms with Crippen molar-refractivity contribution in [1.82, 2.24) is 0 Å². The molecule has 0 fully saturated rings. The third-order valence-electron chi connectivity index (χ3n) is 1.40. The number of hydrogen-bond donors (Lipinski definition) is 1. The van der Waals surface area contributed by atoms with Gasteiger partial charge in [-0.2, -0.15) is 0 Å². The zero-order valence-electron chi connectivity index (χ0n) is 7.07. The molecule has 4 nitrogen and oxygen atoms in total. The van der Waals surface area contributed by atoms with Crippen molar-refractivity contribution in [3.8, 4) is 0 Å². The highest BCUT2D eigenvalue weighted by molar-refractivity contribution is 7.59. The van der Waals surface area contributed by atoms with Crippen LogP contribution < -0.4 is 0 Å². The van der Waals surface area contributed by atoms with Crippen molar-refractivity contribution in [3.63, 3.8) is 0 Å². The van der Waals surface area contributed by atoms with E-state index in [0.717, 1.165) is 0 Å². The fourth-order valence-electron chi connectivity index (χ4n) is 0.612. The minimum Gasteiger partial charge on any atom is -0.426 e. The molecule has 0 radical (unpaired) electrons. The monoisotopic (exact) mass is 179 g/mol. The zero-order chi connectivity index (χ0) is 8.91. The first-order valence-electron chi connectivity index (χ1n) is 3.54. The molecule has 11 heavy (non-hydrogen) atoms. The molecule has 0 spiro atoms. The molecule has 0 saturated heterocycles. The summed E-state index contributed by atoms with van der Waals surface area (Å²) >= 11 is 0. The summed E-state index contributed by atoms with van der Waals surface area (Å²) in [7, 11) is -2.54. The van der Waals surface area contributed by atoms with E-state index in [4.69, 9.17) is 9.73 Å². The van der Waals surface area contributed by atoms with Crippen LogP contribution in [0.3, 0.4) is 0 Å². The van der Waals surface area contributed by atoms with Gasteiger partial charge in [0.2, 0.25) is 13.3 Å². The van der Waals surface area contributed by atoms with Crippen molar-refractivity contribution in [2.45, 2.75) is 20.8 Å². The zero-order valence-corrected chi connectivity index (χ0v) is 7.97. The Hall–Kier alpha value is -0.500. The molecule has 66 valence electrons. The summed E-state index contributed by atoms with van der Waals surface area (Å²) in [6.07, 6.45) is 0.937. The van der Waals surface area contributed by atoms with Crippen LogP contribution in [0.2, 0.25) is 0 Å². The first kappa shape index (κ1) is 10.5. The van der Waals surface area contributed by atoms with Gasteiger partial charge in [-0.15, -0.1) is 0 Å². The van der Waals surface area contributed by atoms with Crippen molar-refractivity contribution in [1.29, 1.82) is 0 Å². The van der Waals surface area contributed by atoms with Gasteiger partial charge < -0.3 is 9.73 Å². The van der Waals surface area contributed by atoms with Crippen LogP contribution in [0.25, 0.3) is 0 Å². The summed E-state index contributed by atoms with van der Waals surface area (Å²) < 4.78 is 16.4. The first-order valence-corrected chi connectivity index (χ1v) is 5.53. The van der Waals surface area contributed by atoms with Gasteiger partial charge in [-0.1, -0.05) is 19.0 Å². The van der Waals surface area contributed by atoms with E-state index < -0.39 is 7.37 Å². The van der Waals surface area contributed by atoms with E-state index in [1.165, 1.54) is 6.92 Å². The van der Waals surface area contributed by atoms with E-state index in [0.29, 0.717) is 12.3 Å². The predicted molar refractivity (Wildman–Crippen MR) is 44.7 cm³/mol. The molecule has 0 atom stereocenters. The maximum absolute atomic E-state index is 11.5. The molecule has 0 aromatic carbocycles. The van der Waals surface area contributed by atoms with Crippen molar-refractivity contribution < 1.29 is 14.3 Å². The van der Waals surface area contributed by atoms with Gasteiger partial charge in [0.1, 0.15) is 0 Å². The Morgan fingerprint density at radius 1 is 1.55 bits per heavy atom. The Bertz CT molecular complexity index is 182. The summed E-state index contributed by atoms with van der Waals surface area (Å²) in [4.78, 5) is 0. The summed E-state index contributed by atoms with van der Waals surface area (Å²) in [5.41, 5.74) is 0. The van der Waals surface area contributed by atoms with Crippen LogP contribution in [0.5, 0.6) is 0 Å². The molecule has 0 amide bonds. The smallest absolute Gasteiger partial charge is 0.248 e. The number of oxime groups is 1. The van der Waals surface area contributed by atoms with Crippen LogP contribution in [-0.4, -0.2) is 23.4 Å². The van der Waals surface area contributed by atoms with Crippen LogP contribution in [0.4, 0.5) is 0 Å². The molecule has 0 aliphatic heterocycles. The molecular weight excluding hydrogens is 165 g/mol. The SMILES string of the molecule is CCP(=O)(CC)OC(C)=NO. The highest BCUT2D eigenvalue weighted by Gasteiger charge is 2.19. The van der Waals surface area contributed by atoms with Crippen molar-refractivity contribution >= 4 is 13.3 Å². The standard InChI is InChI=1S/C6H14NO3P/c1-4-11(9,5-2)10-6(3)7-8/h8H,4-5H2,1-3H3. The Morgan fingerprint density at radius 2 is 2.00 bits per heavy atom. The minimum atomic E-state index is -2.54. The summed E-state index contributed by atoms with van der Waals surface area (Å²) in [6, 6.07) is 0. The first-order chi connectivity index (χ1) is 5.08. The van der Waals surface area contributed by atoms with Crippen LogP contribution in [0.15, 0.2) is 5.16 Å². The average molecular weight is 179 g/mol. The van der Waals surface area contributed by atoms with Crippen LogP contribution in [0, 0.1) is 0 Å². The van der Waals surface area contributed by atoms with Gasteiger partial charge in [-0.3, -0.25) is 4.57 Å². The van der Waals surface area contributed by atoms with Crippen molar-refractivity contribution in [2.24, 2.45) is 5.16 Å². The Labute approximate surface area is 66.7 Å². The summed E-state index contributed by atoms with van der Waals surface area (Å²) in [6.45, 7) is 5.04. The highest BCUT2D eigenvalue weighted by Crippen LogP contribution is 2.45. The molecule has 0 saturated carbocycles. The molecule has 0 aliphatic carbocycles. The predicted octanol–water partition coefficient (Wildman–Crippen LogP) is 2.13.